The topological polar surface area (TPSA) is 25.8 Å². The van der Waals surface area contributed by atoms with Gasteiger partial charge in [0, 0.05) is 116 Å². The molecule has 0 aliphatic carbocycles. The second-order valence-electron chi connectivity index (χ2n) is 17.6. The first-order chi connectivity index (χ1) is 36.6. The number of rotatable bonds is 14. The minimum absolute atomic E-state index is 0.888. The highest BCUT2D eigenvalue weighted by Gasteiger charge is 2.14. The first kappa shape index (κ1) is 52.1. The van der Waals surface area contributed by atoms with Crippen molar-refractivity contribution in [1.29, 1.82) is 0 Å². The van der Waals surface area contributed by atoms with E-state index in [1.807, 2.05) is 24.3 Å². The highest BCUT2D eigenvalue weighted by atomic mass is 32.2. The Morgan fingerprint density at radius 1 is 0.213 bits per heavy atom. The number of nitrogens with zero attached hydrogens (tertiary/aromatic N) is 2. The van der Waals surface area contributed by atoms with Crippen LogP contribution in [0.2, 0.25) is 0 Å². The molecule has 0 amide bonds. The van der Waals surface area contributed by atoms with Gasteiger partial charge in [0.25, 0.3) is 0 Å². The van der Waals surface area contributed by atoms with Crippen molar-refractivity contribution < 1.29 is 0 Å². The van der Waals surface area contributed by atoms with Crippen molar-refractivity contribution in [3.05, 3.63) is 263 Å². The molecule has 0 atom stereocenters. The predicted octanol–water partition coefficient (Wildman–Crippen LogP) is 19.6. The Hall–Kier alpha value is -6.37. The molecule has 0 saturated carbocycles. The molecule has 10 rings (SSSR count). The molecule has 364 valence electrons. The summed E-state index contributed by atoms with van der Waals surface area (Å²) in [5.41, 5.74) is 8.59. The van der Waals surface area contributed by atoms with E-state index in [-0.39, 0.29) is 0 Å². The van der Waals surface area contributed by atoms with Crippen LogP contribution in [0.1, 0.15) is 44.5 Å². The second-order valence-corrected chi connectivity index (χ2v) is 25.6. The highest BCUT2D eigenvalue weighted by molar-refractivity contribution is 8.02. The maximum absolute atomic E-state index is 4.19. The molecule has 75 heavy (non-hydrogen) atoms. The molecular formula is C66H48N2S7. The van der Waals surface area contributed by atoms with E-state index in [4.69, 9.17) is 0 Å². The van der Waals surface area contributed by atoms with Crippen LogP contribution in [-0.4, -0.2) is 9.97 Å². The largest absolute Gasteiger partial charge is 0.265 e. The van der Waals surface area contributed by atoms with Gasteiger partial charge in [-0.2, -0.15) is 0 Å². The molecule has 0 aliphatic heterocycles. The third kappa shape index (κ3) is 15.8. The van der Waals surface area contributed by atoms with Crippen molar-refractivity contribution in [2.75, 3.05) is 0 Å². The van der Waals surface area contributed by atoms with Crippen LogP contribution >= 0.6 is 82.3 Å². The quantitative estimate of drug-likeness (QED) is 0.0987. The second kappa shape index (κ2) is 25.4. The molecule has 0 N–H and O–H groups in total. The van der Waals surface area contributed by atoms with Crippen LogP contribution in [0, 0.1) is 51.4 Å². The minimum Gasteiger partial charge on any atom is -0.265 e. The molecule has 0 saturated heterocycles. The Kier molecular flexibility index (Phi) is 17.7. The fourth-order valence-electron chi connectivity index (χ4n) is 7.51. The van der Waals surface area contributed by atoms with Gasteiger partial charge in [-0.3, -0.25) is 9.97 Å². The molecule has 0 aliphatic rings. The first-order valence-electron chi connectivity index (χ1n) is 24.1. The normalized spacial score (nSPS) is 10.8. The van der Waals surface area contributed by atoms with Crippen molar-refractivity contribution in [3.8, 4) is 23.7 Å². The lowest BCUT2D eigenvalue weighted by Gasteiger charge is -2.14. The molecule has 0 spiro atoms. The van der Waals surface area contributed by atoms with E-state index < -0.39 is 0 Å². The molecular weight excluding hydrogens is 1050 g/mol. The molecule has 8 aromatic carbocycles. The number of pyridine rings is 2. The smallest absolute Gasteiger partial charge is 0.0280 e. The number of benzene rings is 8. The van der Waals surface area contributed by atoms with Crippen LogP contribution in [0.3, 0.4) is 0 Å². The van der Waals surface area contributed by atoms with Crippen LogP contribution in [0.15, 0.2) is 287 Å². The van der Waals surface area contributed by atoms with E-state index in [0.29, 0.717) is 0 Å². The molecule has 10 aromatic rings. The third-order valence-electron chi connectivity index (χ3n) is 11.3. The van der Waals surface area contributed by atoms with E-state index in [1.165, 1.54) is 71.2 Å². The van der Waals surface area contributed by atoms with E-state index in [0.717, 1.165) is 41.8 Å². The summed E-state index contributed by atoms with van der Waals surface area (Å²) in [4.78, 5) is 24.9. The van der Waals surface area contributed by atoms with Gasteiger partial charge in [-0.05, 0) is 173 Å². The summed E-state index contributed by atoms with van der Waals surface area (Å²) in [6.45, 7) is 8.55. The molecule has 2 nitrogen and oxygen atoms in total. The van der Waals surface area contributed by atoms with E-state index in [2.05, 4.69) is 231 Å². The summed E-state index contributed by atoms with van der Waals surface area (Å²) in [5, 5.41) is 0. The molecule has 0 unspecified atom stereocenters. The fourth-order valence-corrected chi connectivity index (χ4v) is 14.9. The van der Waals surface area contributed by atoms with Gasteiger partial charge in [0.15, 0.2) is 0 Å². The van der Waals surface area contributed by atoms with Crippen molar-refractivity contribution in [1.82, 2.24) is 9.97 Å². The lowest BCUT2D eigenvalue weighted by atomic mass is 10.1. The zero-order valence-corrected chi connectivity index (χ0v) is 47.3. The highest BCUT2D eigenvalue weighted by Crippen LogP contribution is 2.45. The van der Waals surface area contributed by atoms with Gasteiger partial charge >= 0.3 is 0 Å². The monoisotopic (exact) mass is 1090 g/mol. The van der Waals surface area contributed by atoms with Crippen LogP contribution in [0.25, 0.3) is 0 Å². The van der Waals surface area contributed by atoms with Crippen LogP contribution in [-0.2, 0) is 0 Å². The average Bonchev–Trinajstić information content (AvgIpc) is 3.40. The van der Waals surface area contributed by atoms with E-state index >= 15 is 0 Å². The van der Waals surface area contributed by atoms with Crippen molar-refractivity contribution in [3.63, 3.8) is 0 Å². The summed E-state index contributed by atoms with van der Waals surface area (Å²) in [5.74, 6) is 13.5. The Morgan fingerprint density at radius 2 is 0.413 bits per heavy atom. The lowest BCUT2D eigenvalue weighted by molar-refractivity contribution is 1.19. The summed E-state index contributed by atoms with van der Waals surface area (Å²) >= 11 is 12.6. The van der Waals surface area contributed by atoms with Crippen molar-refractivity contribution in [2.24, 2.45) is 0 Å². The molecule has 0 fully saturated rings. The molecule has 2 aromatic heterocycles. The summed E-state index contributed by atoms with van der Waals surface area (Å²) in [7, 11) is 0. The zero-order valence-electron chi connectivity index (χ0n) is 41.5. The number of hydrogen-bond donors (Lipinski definition) is 0. The Labute approximate surface area is 471 Å². The molecule has 2 heterocycles. The fraction of sp³-hybridized carbons (Fsp3) is 0.0606. The van der Waals surface area contributed by atoms with Crippen LogP contribution in [0.5, 0.6) is 0 Å². The SMILES string of the molecule is Cc1ccc(Sc2cc(Sc3ccc(C)cc3)cc(Sc3cc(Sc4cc(C#Cc5ccncc5)cc(C#Cc5ccncc5)c4)cc(Sc4cc(Sc5ccc(C)cc5)cc(Sc5ccc(C)cc5)c4)c3)c2)cc1. The van der Waals surface area contributed by atoms with Crippen LogP contribution < -0.4 is 0 Å². The maximum atomic E-state index is 4.19. The van der Waals surface area contributed by atoms with E-state index in [9.17, 15) is 0 Å². The Balaban J connectivity index is 1.05. The van der Waals surface area contributed by atoms with Crippen molar-refractivity contribution >= 4 is 82.3 Å². The van der Waals surface area contributed by atoms with Gasteiger partial charge in [-0.1, -0.05) is 177 Å². The van der Waals surface area contributed by atoms with Gasteiger partial charge in [0.1, 0.15) is 0 Å². The third-order valence-corrected chi connectivity index (χ3v) is 18.0. The van der Waals surface area contributed by atoms with Gasteiger partial charge in [0.05, 0.1) is 0 Å². The number of aromatic nitrogens is 2. The molecule has 0 bridgehead atoms. The van der Waals surface area contributed by atoms with Gasteiger partial charge < -0.3 is 0 Å². The molecule has 0 radical (unpaired) electrons. The summed E-state index contributed by atoms with van der Waals surface area (Å²) in [6.07, 6.45) is 7.09. The van der Waals surface area contributed by atoms with E-state index in [1.54, 1.807) is 107 Å². The average molecular weight is 1090 g/mol. The van der Waals surface area contributed by atoms with Crippen LogP contribution in [0.4, 0.5) is 0 Å². The Bertz CT molecular complexity index is 3340. The van der Waals surface area contributed by atoms with Gasteiger partial charge in [0.2, 0.25) is 0 Å². The number of aryl methyl sites for hydroxylation is 4. The lowest BCUT2D eigenvalue weighted by Crippen LogP contribution is -1.86. The standard InChI is InChI=1S/C66H48N2S7/c1-45-5-17-53(18-6-45)69-58-36-59(70-54-19-7-46(2)8-20-54)39-63(38-58)74-65-42-62(73-57-34-51(15-13-49-25-29-67-30-26-49)33-52(35-57)16-14-50-27-31-68-32-28-50)43-66(44-65)75-64-40-60(71-55-21-9-47(3)10-22-55)37-61(41-64)72-56-23-11-48(4)12-24-56/h5-12,17-44H,1-4H3. The summed E-state index contributed by atoms with van der Waals surface area (Å²) in [6, 6.07) is 70.3. The van der Waals surface area contributed by atoms with Crippen molar-refractivity contribution in [2.45, 2.75) is 96.2 Å². The first-order valence-corrected chi connectivity index (χ1v) is 29.8. The zero-order chi connectivity index (χ0) is 51.3. The molecule has 9 heteroatoms. The Morgan fingerprint density at radius 3 is 0.653 bits per heavy atom. The maximum Gasteiger partial charge on any atom is 0.0280 e. The summed E-state index contributed by atoms with van der Waals surface area (Å²) < 4.78 is 0. The van der Waals surface area contributed by atoms with Gasteiger partial charge in [-0.25, -0.2) is 0 Å². The van der Waals surface area contributed by atoms with Gasteiger partial charge in [-0.15, -0.1) is 0 Å². The predicted molar refractivity (Wildman–Crippen MR) is 320 cm³/mol. The number of hydrogen-bond acceptors (Lipinski definition) is 9. The minimum atomic E-state index is 0.888.